The van der Waals surface area contributed by atoms with E-state index < -0.39 is 0 Å². The van der Waals surface area contributed by atoms with Gasteiger partial charge in [0.05, 0.1) is 5.41 Å². The van der Waals surface area contributed by atoms with Gasteiger partial charge in [0.15, 0.2) is 0 Å². The molecule has 0 aromatic rings. The van der Waals surface area contributed by atoms with E-state index in [2.05, 4.69) is 41.5 Å². The predicted molar refractivity (Wildman–Crippen MR) is 86.4 cm³/mol. The van der Waals surface area contributed by atoms with Gasteiger partial charge >= 0.3 is 0 Å². The van der Waals surface area contributed by atoms with Gasteiger partial charge in [-0.15, -0.1) is 0 Å². The van der Waals surface area contributed by atoms with E-state index >= 15 is 0 Å². The zero-order chi connectivity index (χ0) is 15.3. The largest absolute Gasteiger partial charge is 0.354 e. The number of likely N-dealkylation sites (N-methyl/N-ethyl adjacent to an activating group) is 2. The number of nitrogens with zero attached hydrogens (tertiary/aromatic N) is 2. The summed E-state index contributed by atoms with van der Waals surface area (Å²) in [5.41, 5.74) is -0.174. The average molecular weight is 296 g/mol. The maximum absolute atomic E-state index is 12.8. The van der Waals surface area contributed by atoms with Crippen LogP contribution in [0.2, 0.25) is 0 Å². The molecule has 2 N–H and O–H groups in total. The van der Waals surface area contributed by atoms with Crippen molar-refractivity contribution in [3.63, 3.8) is 0 Å². The van der Waals surface area contributed by atoms with E-state index in [4.69, 9.17) is 0 Å². The van der Waals surface area contributed by atoms with Gasteiger partial charge in [-0.1, -0.05) is 13.3 Å². The Morgan fingerprint density at radius 1 is 1.38 bits per heavy atom. The molecule has 2 atom stereocenters. The first-order chi connectivity index (χ1) is 10.1. The van der Waals surface area contributed by atoms with Crippen LogP contribution in [-0.2, 0) is 4.79 Å². The predicted octanol–water partition coefficient (Wildman–Crippen LogP) is 0.518. The molecule has 2 aliphatic heterocycles. The summed E-state index contributed by atoms with van der Waals surface area (Å²) in [5, 5.41) is 6.67. The number of carbonyl (C=O) groups is 1. The smallest absolute Gasteiger partial charge is 0.227 e. The second kappa shape index (κ2) is 7.56. The fourth-order valence-corrected chi connectivity index (χ4v) is 3.69. The first-order valence-corrected chi connectivity index (χ1v) is 8.45. The molecule has 21 heavy (non-hydrogen) atoms. The standard InChI is InChI=1S/C16H32N4O/c1-4-6-16(7-5-8-17-13-16)15(21)18-11-14-12-19(2)9-10-20(14)3/h14,17H,4-13H2,1-3H3,(H,18,21). The summed E-state index contributed by atoms with van der Waals surface area (Å²) in [6, 6.07) is 0.433. The van der Waals surface area contributed by atoms with Gasteiger partial charge in [0.2, 0.25) is 5.91 Å². The Balaban J connectivity index is 1.89. The van der Waals surface area contributed by atoms with Crippen molar-refractivity contribution in [3.05, 3.63) is 0 Å². The molecule has 0 aliphatic carbocycles. The summed E-state index contributed by atoms with van der Waals surface area (Å²) in [6.45, 7) is 8.07. The van der Waals surface area contributed by atoms with Crippen LogP contribution in [0.15, 0.2) is 0 Å². The maximum atomic E-state index is 12.8. The Hall–Kier alpha value is -0.650. The van der Waals surface area contributed by atoms with Gasteiger partial charge in [-0.05, 0) is 39.9 Å². The summed E-state index contributed by atoms with van der Waals surface area (Å²) in [5.74, 6) is 0.262. The van der Waals surface area contributed by atoms with Crippen molar-refractivity contribution in [1.82, 2.24) is 20.4 Å². The lowest BCUT2D eigenvalue weighted by Gasteiger charge is -2.40. The average Bonchev–Trinajstić information content (AvgIpc) is 2.49. The minimum absolute atomic E-state index is 0.174. The van der Waals surface area contributed by atoms with E-state index in [1.807, 2.05) is 0 Å². The minimum atomic E-state index is -0.174. The molecule has 2 heterocycles. The second-order valence-electron chi connectivity index (χ2n) is 6.92. The van der Waals surface area contributed by atoms with Crippen LogP contribution in [-0.4, -0.2) is 75.1 Å². The van der Waals surface area contributed by atoms with Crippen LogP contribution in [0.5, 0.6) is 0 Å². The number of piperidine rings is 1. The summed E-state index contributed by atoms with van der Waals surface area (Å²) in [4.78, 5) is 17.5. The molecule has 0 saturated carbocycles. The van der Waals surface area contributed by atoms with Gasteiger partial charge in [0.25, 0.3) is 0 Å². The number of carbonyl (C=O) groups excluding carboxylic acids is 1. The molecule has 5 nitrogen and oxygen atoms in total. The van der Waals surface area contributed by atoms with Crippen LogP contribution in [0.25, 0.3) is 0 Å². The van der Waals surface area contributed by atoms with Crippen LogP contribution < -0.4 is 10.6 Å². The number of amides is 1. The molecule has 2 saturated heterocycles. The number of rotatable bonds is 5. The van der Waals surface area contributed by atoms with Gasteiger partial charge < -0.3 is 15.5 Å². The Labute approximate surface area is 129 Å². The highest BCUT2D eigenvalue weighted by Crippen LogP contribution is 2.31. The lowest BCUT2D eigenvalue weighted by Crippen LogP contribution is -2.57. The van der Waals surface area contributed by atoms with Crippen LogP contribution in [0.1, 0.15) is 32.6 Å². The highest BCUT2D eigenvalue weighted by molar-refractivity contribution is 5.83. The first kappa shape index (κ1) is 16.7. The molecule has 122 valence electrons. The third kappa shape index (κ3) is 4.18. The molecule has 2 fully saturated rings. The fraction of sp³-hybridized carbons (Fsp3) is 0.938. The van der Waals surface area contributed by atoms with E-state index in [1.165, 1.54) is 0 Å². The zero-order valence-corrected chi connectivity index (χ0v) is 14.0. The highest BCUT2D eigenvalue weighted by Gasteiger charge is 2.38. The Bertz CT molecular complexity index is 336. The Morgan fingerprint density at radius 2 is 2.19 bits per heavy atom. The quantitative estimate of drug-likeness (QED) is 0.776. The second-order valence-corrected chi connectivity index (χ2v) is 6.92. The van der Waals surface area contributed by atoms with Crippen LogP contribution >= 0.6 is 0 Å². The number of piperazine rings is 1. The van der Waals surface area contributed by atoms with Crippen LogP contribution in [0, 0.1) is 5.41 Å². The van der Waals surface area contributed by atoms with Gasteiger partial charge in [0, 0.05) is 38.8 Å². The lowest BCUT2D eigenvalue weighted by molar-refractivity contribution is -0.133. The summed E-state index contributed by atoms with van der Waals surface area (Å²) < 4.78 is 0. The van der Waals surface area contributed by atoms with E-state index in [-0.39, 0.29) is 11.3 Å². The fourth-order valence-electron chi connectivity index (χ4n) is 3.69. The van der Waals surface area contributed by atoms with Gasteiger partial charge in [-0.3, -0.25) is 9.69 Å². The van der Waals surface area contributed by atoms with Crippen molar-refractivity contribution in [3.8, 4) is 0 Å². The molecule has 1 amide bonds. The third-order valence-electron chi connectivity index (χ3n) is 5.16. The van der Waals surface area contributed by atoms with Crippen molar-refractivity contribution >= 4 is 5.91 Å². The molecular weight excluding hydrogens is 264 g/mol. The van der Waals surface area contributed by atoms with Gasteiger partial charge in [0.1, 0.15) is 0 Å². The van der Waals surface area contributed by atoms with Gasteiger partial charge in [-0.25, -0.2) is 0 Å². The molecule has 0 aromatic heterocycles. The number of nitrogens with one attached hydrogen (secondary N) is 2. The van der Waals surface area contributed by atoms with Crippen molar-refractivity contribution in [2.24, 2.45) is 5.41 Å². The molecule has 0 spiro atoms. The van der Waals surface area contributed by atoms with Crippen LogP contribution in [0.4, 0.5) is 0 Å². The lowest BCUT2D eigenvalue weighted by atomic mass is 9.76. The van der Waals surface area contributed by atoms with E-state index in [9.17, 15) is 4.79 Å². The molecule has 0 aromatic carbocycles. The molecular formula is C16H32N4O. The zero-order valence-electron chi connectivity index (χ0n) is 14.0. The van der Waals surface area contributed by atoms with E-state index in [1.54, 1.807) is 0 Å². The van der Waals surface area contributed by atoms with Crippen molar-refractivity contribution in [1.29, 1.82) is 0 Å². The van der Waals surface area contributed by atoms with Gasteiger partial charge in [-0.2, -0.15) is 0 Å². The molecule has 2 unspecified atom stereocenters. The Kier molecular flexibility index (Phi) is 6.02. The topological polar surface area (TPSA) is 47.6 Å². The van der Waals surface area contributed by atoms with Crippen molar-refractivity contribution in [2.75, 3.05) is 53.4 Å². The normalized spacial score (nSPS) is 32.0. The van der Waals surface area contributed by atoms with E-state index in [0.717, 1.165) is 65.0 Å². The summed E-state index contributed by atoms with van der Waals surface area (Å²) in [7, 11) is 4.32. The Morgan fingerprint density at radius 3 is 2.86 bits per heavy atom. The van der Waals surface area contributed by atoms with Crippen molar-refractivity contribution < 1.29 is 4.79 Å². The molecule has 0 radical (unpaired) electrons. The molecule has 2 aliphatic rings. The minimum Gasteiger partial charge on any atom is -0.354 e. The summed E-state index contributed by atoms with van der Waals surface area (Å²) >= 11 is 0. The molecule has 5 heteroatoms. The monoisotopic (exact) mass is 296 g/mol. The molecule has 0 bridgehead atoms. The maximum Gasteiger partial charge on any atom is 0.227 e. The third-order valence-corrected chi connectivity index (χ3v) is 5.16. The number of hydrogen-bond donors (Lipinski definition) is 2. The number of hydrogen-bond acceptors (Lipinski definition) is 4. The van der Waals surface area contributed by atoms with Crippen molar-refractivity contribution in [2.45, 2.75) is 38.6 Å². The molecule has 2 rings (SSSR count). The van der Waals surface area contributed by atoms with E-state index in [0.29, 0.717) is 6.04 Å². The first-order valence-electron chi connectivity index (χ1n) is 8.45. The summed E-state index contributed by atoms with van der Waals surface area (Å²) in [6.07, 6.45) is 4.20. The SMILES string of the molecule is CCCC1(C(=O)NCC2CN(C)CCN2C)CCCNC1. The highest BCUT2D eigenvalue weighted by atomic mass is 16.2. The van der Waals surface area contributed by atoms with Crippen LogP contribution in [0.3, 0.4) is 0 Å².